The van der Waals surface area contributed by atoms with E-state index in [1.54, 1.807) is 0 Å². The van der Waals surface area contributed by atoms with Gasteiger partial charge >= 0.3 is 43.3 Å². The van der Waals surface area contributed by atoms with Crippen molar-refractivity contribution in [3.05, 3.63) is 0 Å². The molecule has 0 aliphatic rings. The average Bonchev–Trinajstić information content (AvgIpc) is 1.35. The normalized spacial score (nSPS) is 8.33. The molecule has 0 unspecified atom stereocenters. The van der Waals surface area contributed by atoms with Gasteiger partial charge in [-0.3, -0.25) is 0 Å². The van der Waals surface area contributed by atoms with Crippen molar-refractivity contribution in [1.29, 1.82) is 0 Å². The molecule has 0 atom stereocenters. The summed E-state index contributed by atoms with van der Waals surface area (Å²) >= 11 is -2.63. The Bertz CT molecular complexity index is 52.8. The van der Waals surface area contributed by atoms with Crippen molar-refractivity contribution < 1.29 is 25.2 Å². The Kier molecular flexibility index (Phi) is 3.95. The van der Waals surface area contributed by atoms with Crippen molar-refractivity contribution in [2.24, 2.45) is 0 Å². The first-order valence-electron chi connectivity index (χ1n) is 1.99. The maximum atomic E-state index is 9.85. The van der Waals surface area contributed by atoms with Crippen LogP contribution in [0.3, 0.4) is 0 Å². The van der Waals surface area contributed by atoms with Crippen LogP contribution in [0.2, 0.25) is 4.73 Å². The molecule has 3 heteroatoms. The van der Waals surface area contributed by atoms with Crippen LogP contribution in [-0.4, -0.2) is 3.69 Å². The van der Waals surface area contributed by atoms with Crippen molar-refractivity contribution >= 4 is 0 Å². The van der Waals surface area contributed by atoms with Gasteiger partial charge in [0, 0.05) is 0 Å². The fourth-order valence-electron chi connectivity index (χ4n) is 0.214. The van der Waals surface area contributed by atoms with E-state index in [0.29, 0.717) is 4.73 Å². The molecule has 0 rings (SSSR count). The van der Waals surface area contributed by atoms with Crippen LogP contribution in [-0.2, 0) is 21.6 Å². The summed E-state index contributed by atoms with van der Waals surface area (Å²) in [6, 6.07) is 0. The summed E-state index contributed by atoms with van der Waals surface area (Å²) < 4.78 is 18.6. The van der Waals surface area contributed by atoms with Crippen LogP contribution in [0.15, 0.2) is 0 Å². The average molecular weight is 124 g/mol. The molecule has 2 nitrogen and oxygen atoms in total. The van der Waals surface area contributed by atoms with Gasteiger partial charge in [0.1, 0.15) is 0 Å². The Morgan fingerprint density at radius 2 is 2.33 bits per heavy atom. The number of rotatable bonds is 2. The van der Waals surface area contributed by atoms with Gasteiger partial charge in [-0.1, -0.05) is 0 Å². The first-order chi connectivity index (χ1) is 2.77. The van der Waals surface area contributed by atoms with Gasteiger partial charge < -0.3 is 0 Å². The summed E-state index contributed by atoms with van der Waals surface area (Å²) in [5, 5.41) is 0. The monoisotopic (exact) mass is 124 g/mol. The third kappa shape index (κ3) is 4.47. The van der Waals surface area contributed by atoms with E-state index in [0.717, 1.165) is 6.42 Å². The molecule has 0 bridgehead atoms. The van der Waals surface area contributed by atoms with Gasteiger partial charge in [-0.2, -0.15) is 0 Å². The van der Waals surface area contributed by atoms with E-state index in [9.17, 15) is 3.32 Å². The van der Waals surface area contributed by atoms with E-state index in [1.807, 2.05) is 6.92 Å². The van der Waals surface area contributed by atoms with E-state index in [-0.39, 0.29) is 0 Å². The van der Waals surface area contributed by atoms with Gasteiger partial charge in [0.05, 0.1) is 0 Å². The Morgan fingerprint density at radius 3 is 2.33 bits per heavy atom. The Labute approximate surface area is 43.8 Å². The molecule has 6 heavy (non-hydrogen) atoms. The molecular formula is C3H8O2Ti. The first-order valence-corrected chi connectivity index (χ1v) is 4.43. The quantitative estimate of drug-likeness (QED) is 0.549. The molecule has 0 aromatic rings. The summed E-state index contributed by atoms with van der Waals surface area (Å²) in [7, 11) is 0. The van der Waals surface area contributed by atoms with E-state index >= 15 is 0 Å². The predicted molar refractivity (Wildman–Crippen MR) is 18.0 cm³/mol. The predicted octanol–water partition coefficient (Wildman–Crippen LogP) is 0.686. The van der Waals surface area contributed by atoms with Gasteiger partial charge in [-0.25, -0.2) is 0 Å². The SMILES string of the molecule is CC[CH2][Ti](=[O])[OH]. The van der Waals surface area contributed by atoms with Gasteiger partial charge in [0.25, 0.3) is 0 Å². The van der Waals surface area contributed by atoms with Crippen molar-refractivity contribution in [3.63, 3.8) is 0 Å². The minimum absolute atomic E-state index is 0.542. The maximum absolute atomic E-state index is 9.85. The number of hydrogen-bond donors (Lipinski definition) is 1. The summed E-state index contributed by atoms with van der Waals surface area (Å²) in [6.45, 7) is 1.90. The second-order valence-electron chi connectivity index (χ2n) is 1.14. The Balaban J connectivity index is 2.83. The zero-order valence-corrected chi connectivity index (χ0v) is 5.33. The van der Waals surface area contributed by atoms with Gasteiger partial charge in [0.2, 0.25) is 0 Å². The van der Waals surface area contributed by atoms with Crippen LogP contribution < -0.4 is 0 Å². The van der Waals surface area contributed by atoms with Crippen LogP contribution in [0.1, 0.15) is 13.3 Å². The standard InChI is InChI=1S/C3H7.H2O.O.Ti/c1-3-2;;;/h1,3H2,2H3;1H2;;/q;;;+1/p-1. The molecule has 0 aliphatic heterocycles. The molecule has 0 aliphatic carbocycles. The molecule has 0 aromatic carbocycles. The molecular weight excluding hydrogens is 116 g/mol. The zero-order chi connectivity index (χ0) is 4.99. The summed E-state index contributed by atoms with van der Waals surface area (Å²) in [5.41, 5.74) is 0. The molecule has 0 saturated carbocycles. The van der Waals surface area contributed by atoms with E-state index < -0.39 is 18.2 Å². The molecule has 0 radical (unpaired) electrons. The van der Waals surface area contributed by atoms with E-state index in [1.165, 1.54) is 0 Å². The van der Waals surface area contributed by atoms with Crippen molar-refractivity contribution in [1.82, 2.24) is 0 Å². The summed E-state index contributed by atoms with van der Waals surface area (Å²) in [5.74, 6) is 0. The van der Waals surface area contributed by atoms with Crippen LogP contribution in [0.4, 0.5) is 0 Å². The number of hydrogen-bond acceptors (Lipinski definition) is 1. The minimum atomic E-state index is -2.63. The molecule has 0 aromatic heterocycles. The first kappa shape index (κ1) is 6.47. The zero-order valence-electron chi connectivity index (χ0n) is 3.77. The third-order valence-corrected chi connectivity index (χ3v) is 1.91. The molecule has 0 fully saturated rings. The fourth-order valence-corrected chi connectivity index (χ4v) is 0.882. The van der Waals surface area contributed by atoms with Crippen LogP contribution in [0.5, 0.6) is 0 Å². The molecule has 0 spiro atoms. The summed E-state index contributed by atoms with van der Waals surface area (Å²) in [6.07, 6.45) is 0.843. The topological polar surface area (TPSA) is 37.3 Å². The second kappa shape index (κ2) is 3.66. The van der Waals surface area contributed by atoms with Gasteiger partial charge in [-0.05, 0) is 0 Å². The van der Waals surface area contributed by atoms with Gasteiger partial charge in [0.15, 0.2) is 0 Å². The Hall–Kier alpha value is 0.474. The van der Waals surface area contributed by atoms with Crippen molar-refractivity contribution in [3.8, 4) is 0 Å². The van der Waals surface area contributed by atoms with Crippen molar-refractivity contribution in [2.75, 3.05) is 0 Å². The molecule has 0 heterocycles. The second-order valence-corrected chi connectivity index (χ2v) is 3.15. The molecule has 0 amide bonds. The van der Waals surface area contributed by atoms with E-state index in [2.05, 4.69) is 0 Å². The molecule has 0 saturated heterocycles. The van der Waals surface area contributed by atoms with Crippen LogP contribution >= 0.6 is 0 Å². The fraction of sp³-hybridized carbons (Fsp3) is 1.00. The van der Waals surface area contributed by atoms with Gasteiger partial charge in [-0.15, -0.1) is 0 Å². The third-order valence-electron chi connectivity index (χ3n) is 0.464. The summed E-state index contributed by atoms with van der Waals surface area (Å²) in [4.78, 5) is 0. The van der Waals surface area contributed by atoms with Crippen LogP contribution in [0, 0.1) is 0 Å². The molecule has 36 valence electrons. The van der Waals surface area contributed by atoms with E-state index in [4.69, 9.17) is 3.69 Å². The Morgan fingerprint density at radius 1 is 1.83 bits per heavy atom. The van der Waals surface area contributed by atoms with Crippen LogP contribution in [0.25, 0.3) is 0 Å². The van der Waals surface area contributed by atoms with Crippen molar-refractivity contribution in [2.45, 2.75) is 18.1 Å². The molecule has 1 N–H and O–H groups in total.